The zero-order valence-corrected chi connectivity index (χ0v) is 19.1. The minimum absolute atomic E-state index is 0.00428. The van der Waals surface area contributed by atoms with Gasteiger partial charge in [0.2, 0.25) is 17.7 Å². The van der Waals surface area contributed by atoms with Gasteiger partial charge in [0.15, 0.2) is 5.96 Å². The molecule has 0 aliphatic rings. The van der Waals surface area contributed by atoms with Crippen LogP contribution in [0.5, 0.6) is 0 Å². The van der Waals surface area contributed by atoms with Gasteiger partial charge in [-0.15, -0.1) is 0 Å². The van der Waals surface area contributed by atoms with E-state index in [4.69, 9.17) is 22.3 Å². The van der Waals surface area contributed by atoms with Gasteiger partial charge in [0.05, 0.1) is 13.2 Å². The van der Waals surface area contributed by atoms with Gasteiger partial charge in [-0.25, -0.2) is 4.79 Å². The van der Waals surface area contributed by atoms with Gasteiger partial charge in [0.25, 0.3) is 0 Å². The monoisotopic (exact) mass is 495 g/mol. The number of carbonyl (C=O) groups excluding carboxylic acids is 3. The van der Waals surface area contributed by atoms with E-state index in [-0.39, 0.29) is 31.8 Å². The normalized spacial score (nSPS) is 14.0. The SMILES string of the molecule is NC(N)=NCCC[C@H](NC(=O)[C@@H](CO)NC(=O)[C@H](Cc1ccccc1)NC(=O)[C@@H](N)CO)C(=O)O. The minimum Gasteiger partial charge on any atom is -0.480 e. The number of carboxylic acids is 1. The third-order valence-corrected chi connectivity index (χ3v) is 4.82. The van der Waals surface area contributed by atoms with Crippen LogP contribution in [0.1, 0.15) is 18.4 Å². The van der Waals surface area contributed by atoms with Crippen LogP contribution < -0.4 is 33.2 Å². The number of aliphatic hydroxyl groups excluding tert-OH is 2. The number of carbonyl (C=O) groups is 4. The zero-order chi connectivity index (χ0) is 26.4. The lowest BCUT2D eigenvalue weighted by Gasteiger charge is -2.24. The van der Waals surface area contributed by atoms with Gasteiger partial charge in [-0.1, -0.05) is 30.3 Å². The number of hydrogen-bond acceptors (Lipinski definition) is 8. The fourth-order valence-electron chi connectivity index (χ4n) is 2.92. The molecule has 14 heteroatoms. The Morgan fingerprint density at radius 2 is 1.43 bits per heavy atom. The molecule has 194 valence electrons. The first kappa shape index (κ1) is 29.3. The Morgan fingerprint density at radius 3 is 1.97 bits per heavy atom. The molecule has 0 unspecified atom stereocenters. The minimum atomic E-state index is -1.50. The molecule has 14 nitrogen and oxygen atoms in total. The molecule has 0 fully saturated rings. The van der Waals surface area contributed by atoms with Crippen molar-refractivity contribution in [3.8, 4) is 0 Å². The van der Waals surface area contributed by atoms with Crippen LogP contribution in [-0.4, -0.2) is 88.9 Å². The first-order valence-corrected chi connectivity index (χ1v) is 10.8. The molecule has 0 bridgehead atoms. The summed E-state index contributed by atoms with van der Waals surface area (Å²) in [5.74, 6) is -4.02. The number of aliphatic imine (C=N–C) groups is 1. The maximum Gasteiger partial charge on any atom is 0.326 e. The van der Waals surface area contributed by atoms with Crippen molar-refractivity contribution in [2.24, 2.45) is 22.2 Å². The number of aliphatic hydroxyl groups is 2. The molecule has 1 rings (SSSR count). The van der Waals surface area contributed by atoms with Crippen LogP contribution >= 0.6 is 0 Å². The quantitative estimate of drug-likeness (QED) is 0.0649. The molecular weight excluding hydrogens is 462 g/mol. The number of amides is 3. The highest BCUT2D eigenvalue weighted by Crippen LogP contribution is 2.05. The van der Waals surface area contributed by atoms with Gasteiger partial charge >= 0.3 is 5.97 Å². The fraction of sp³-hybridized carbons (Fsp3) is 0.476. The molecule has 0 aliphatic heterocycles. The van der Waals surface area contributed by atoms with Crippen molar-refractivity contribution in [1.82, 2.24) is 16.0 Å². The van der Waals surface area contributed by atoms with Crippen LogP contribution in [0.2, 0.25) is 0 Å². The number of nitrogens with one attached hydrogen (secondary N) is 3. The van der Waals surface area contributed by atoms with Crippen molar-refractivity contribution < 1.29 is 34.5 Å². The highest BCUT2D eigenvalue weighted by molar-refractivity contribution is 5.94. The molecule has 3 amide bonds. The van der Waals surface area contributed by atoms with E-state index in [0.717, 1.165) is 0 Å². The van der Waals surface area contributed by atoms with Crippen molar-refractivity contribution >= 4 is 29.7 Å². The first-order chi connectivity index (χ1) is 16.6. The molecule has 12 N–H and O–H groups in total. The van der Waals surface area contributed by atoms with Crippen LogP contribution in [0.15, 0.2) is 35.3 Å². The molecule has 0 saturated heterocycles. The summed E-state index contributed by atoms with van der Waals surface area (Å²) >= 11 is 0. The molecule has 0 radical (unpaired) electrons. The average molecular weight is 496 g/mol. The summed E-state index contributed by atoms with van der Waals surface area (Å²) in [7, 11) is 0. The summed E-state index contributed by atoms with van der Waals surface area (Å²) in [5.41, 5.74) is 16.6. The number of aliphatic carboxylic acids is 1. The number of nitrogens with two attached hydrogens (primary N) is 3. The van der Waals surface area contributed by atoms with Crippen molar-refractivity contribution in [1.29, 1.82) is 0 Å². The Kier molecular flexibility index (Phi) is 12.7. The third-order valence-electron chi connectivity index (χ3n) is 4.82. The zero-order valence-electron chi connectivity index (χ0n) is 19.1. The second kappa shape index (κ2) is 15.2. The van der Waals surface area contributed by atoms with Crippen LogP contribution in [0.4, 0.5) is 0 Å². The summed E-state index contributed by atoms with van der Waals surface area (Å²) in [4.78, 5) is 52.8. The summed E-state index contributed by atoms with van der Waals surface area (Å²) in [5, 5.41) is 35.1. The number of carboxylic acid groups (broad SMARTS) is 1. The van der Waals surface area contributed by atoms with Gasteiger partial charge in [0.1, 0.15) is 24.2 Å². The van der Waals surface area contributed by atoms with Gasteiger partial charge in [0, 0.05) is 13.0 Å². The van der Waals surface area contributed by atoms with E-state index in [1.165, 1.54) is 0 Å². The number of benzene rings is 1. The van der Waals surface area contributed by atoms with E-state index in [1.807, 2.05) is 0 Å². The highest BCUT2D eigenvalue weighted by Gasteiger charge is 2.30. The van der Waals surface area contributed by atoms with Crippen LogP contribution in [0, 0.1) is 0 Å². The van der Waals surface area contributed by atoms with Gasteiger partial charge < -0.3 is 48.5 Å². The lowest BCUT2D eigenvalue weighted by atomic mass is 10.0. The summed E-state index contributed by atoms with van der Waals surface area (Å²) in [6.45, 7) is -1.33. The Morgan fingerprint density at radius 1 is 0.857 bits per heavy atom. The molecular formula is C21H33N7O7. The van der Waals surface area contributed by atoms with E-state index < -0.39 is 61.1 Å². The Hall–Kier alpha value is -3.75. The van der Waals surface area contributed by atoms with Crippen molar-refractivity contribution in [2.75, 3.05) is 19.8 Å². The maximum atomic E-state index is 12.9. The summed E-state index contributed by atoms with van der Waals surface area (Å²) in [6.07, 6.45) is 0.274. The lowest BCUT2D eigenvalue weighted by Crippen LogP contribution is -2.58. The highest BCUT2D eigenvalue weighted by atomic mass is 16.4. The standard InChI is InChI=1S/C21H33N7O7/c22-13(10-29)17(31)27-15(9-12-5-2-1-3-6-12)18(32)28-16(11-30)19(33)26-14(20(34)35)7-4-8-25-21(23)24/h1-3,5-6,13-16,29-30H,4,7-11,22H2,(H,26,33)(H,27,31)(H,28,32)(H,34,35)(H4,23,24,25)/t13-,14-,15-,16+/m0/s1. The molecule has 35 heavy (non-hydrogen) atoms. The number of rotatable bonds is 15. The number of guanidine groups is 1. The molecule has 0 aliphatic carbocycles. The van der Waals surface area contributed by atoms with Crippen LogP contribution in [-0.2, 0) is 25.6 Å². The predicted molar refractivity (Wildman–Crippen MR) is 126 cm³/mol. The maximum absolute atomic E-state index is 12.9. The Bertz CT molecular complexity index is 878. The lowest BCUT2D eigenvalue weighted by molar-refractivity contribution is -0.142. The van der Waals surface area contributed by atoms with Gasteiger partial charge in [-0.3, -0.25) is 19.4 Å². The Labute approximate surface area is 201 Å². The van der Waals surface area contributed by atoms with Crippen LogP contribution in [0.25, 0.3) is 0 Å². The smallest absolute Gasteiger partial charge is 0.326 e. The van der Waals surface area contributed by atoms with E-state index in [0.29, 0.717) is 5.56 Å². The summed E-state index contributed by atoms with van der Waals surface area (Å²) < 4.78 is 0. The molecule has 1 aromatic rings. The predicted octanol–water partition coefficient (Wildman–Crippen LogP) is -3.87. The van der Waals surface area contributed by atoms with Crippen LogP contribution in [0.3, 0.4) is 0 Å². The number of hydrogen-bond donors (Lipinski definition) is 9. The third kappa shape index (κ3) is 10.8. The molecule has 0 aromatic heterocycles. The second-order valence-electron chi connectivity index (χ2n) is 7.63. The first-order valence-electron chi connectivity index (χ1n) is 10.8. The topological polar surface area (TPSA) is 255 Å². The van der Waals surface area contributed by atoms with E-state index in [9.17, 15) is 29.4 Å². The largest absolute Gasteiger partial charge is 0.480 e. The Balaban J connectivity index is 2.89. The van der Waals surface area contributed by atoms with Crippen molar-refractivity contribution in [2.45, 2.75) is 43.4 Å². The van der Waals surface area contributed by atoms with E-state index in [2.05, 4.69) is 20.9 Å². The second-order valence-corrected chi connectivity index (χ2v) is 7.63. The number of nitrogens with zero attached hydrogens (tertiary/aromatic N) is 1. The van der Waals surface area contributed by atoms with E-state index in [1.54, 1.807) is 30.3 Å². The fourth-order valence-corrected chi connectivity index (χ4v) is 2.92. The van der Waals surface area contributed by atoms with E-state index >= 15 is 0 Å². The molecule has 0 saturated carbocycles. The average Bonchev–Trinajstić information content (AvgIpc) is 2.83. The molecule has 0 spiro atoms. The van der Waals surface area contributed by atoms with Gasteiger partial charge in [-0.2, -0.15) is 0 Å². The summed E-state index contributed by atoms with van der Waals surface area (Å²) in [6, 6.07) is 3.38. The van der Waals surface area contributed by atoms with Crippen molar-refractivity contribution in [3.63, 3.8) is 0 Å². The van der Waals surface area contributed by atoms with Crippen molar-refractivity contribution in [3.05, 3.63) is 35.9 Å². The van der Waals surface area contributed by atoms with Gasteiger partial charge in [-0.05, 0) is 18.4 Å². The molecule has 0 heterocycles. The molecule has 4 atom stereocenters. The molecule has 1 aromatic carbocycles.